The number of hydrogen-bond donors (Lipinski definition) is 1. The highest BCUT2D eigenvalue weighted by atomic mass is 16.5. The summed E-state index contributed by atoms with van der Waals surface area (Å²) in [6.45, 7) is 32.2. The number of hydrogen-bond acceptors (Lipinski definition) is 10. The van der Waals surface area contributed by atoms with Gasteiger partial charge < -0.3 is 15.1 Å². The van der Waals surface area contributed by atoms with Gasteiger partial charge in [-0.2, -0.15) is 15.0 Å². The number of anilines is 3. The fourth-order valence-corrected chi connectivity index (χ4v) is 11.7. The lowest BCUT2D eigenvalue weighted by molar-refractivity contribution is -0.294. The number of hydroxylamine groups is 8. The second-order valence-corrected chi connectivity index (χ2v) is 22.6. The summed E-state index contributed by atoms with van der Waals surface area (Å²) in [4.78, 5) is 20.3. The predicted octanol–water partition coefficient (Wildman–Crippen LogP) is 7.00. The molecule has 0 atom stereocenters. The molecule has 1 aromatic rings. The fraction of sp³-hybridized carbons (Fsp3) is 0.881. The number of nitrogens with one attached hydrogen (secondary N) is 1. The van der Waals surface area contributed by atoms with Crippen LogP contribution in [0.15, 0.2) is 0 Å². The molecule has 4 aliphatic heterocycles. The molecule has 56 heavy (non-hydrogen) atoms. The lowest BCUT2D eigenvalue weighted by atomic mass is 9.74. The van der Waals surface area contributed by atoms with Crippen molar-refractivity contribution in [2.75, 3.05) is 21.7 Å². The smallest absolute Gasteiger partial charge is 0.232 e. The second-order valence-electron chi connectivity index (χ2n) is 22.6. The number of aromatic nitrogens is 3. The van der Waals surface area contributed by atoms with Gasteiger partial charge in [-0.05, 0) is 162 Å². The Bertz CT molecular complexity index is 1370. The molecule has 0 unspecified atom stereocenters. The number of piperidine rings is 4. The zero-order valence-electron chi connectivity index (χ0n) is 37.4. The van der Waals surface area contributed by atoms with Gasteiger partial charge in [0, 0.05) is 68.5 Å². The van der Waals surface area contributed by atoms with Gasteiger partial charge in [-0.1, -0.05) is 5.92 Å². The minimum Gasteiger partial charge on any atom is -0.343 e. The highest BCUT2D eigenvalue weighted by molar-refractivity contribution is 5.49. The van der Waals surface area contributed by atoms with E-state index in [9.17, 15) is 20.8 Å². The van der Waals surface area contributed by atoms with E-state index in [0.717, 1.165) is 0 Å². The van der Waals surface area contributed by atoms with Crippen LogP contribution < -0.4 is 15.1 Å². The first-order valence-electron chi connectivity index (χ1n) is 20.7. The van der Waals surface area contributed by atoms with Gasteiger partial charge in [-0.25, -0.2) is 0 Å². The van der Waals surface area contributed by atoms with Crippen LogP contribution in [-0.2, 0) is 20.8 Å². The topological polar surface area (TPSA) is 150 Å². The van der Waals surface area contributed by atoms with Gasteiger partial charge in [0.05, 0.1) is 6.54 Å². The van der Waals surface area contributed by atoms with Gasteiger partial charge >= 0.3 is 0 Å². The summed E-state index contributed by atoms with van der Waals surface area (Å²) in [5.74, 6) is 3.93. The first-order chi connectivity index (χ1) is 25.3. The van der Waals surface area contributed by atoms with Crippen molar-refractivity contribution in [3.63, 3.8) is 0 Å². The van der Waals surface area contributed by atoms with E-state index in [1.165, 1.54) is 20.3 Å². The van der Waals surface area contributed by atoms with E-state index in [0.29, 0.717) is 69.2 Å². The molecule has 4 fully saturated rings. The normalized spacial score (nSPS) is 28.4. The van der Waals surface area contributed by atoms with Crippen LogP contribution in [0.25, 0.3) is 0 Å². The molecule has 4 radical (unpaired) electrons. The molecule has 1 aromatic heterocycles. The Labute approximate surface area is 337 Å². The molecule has 4 aliphatic rings. The third-order valence-corrected chi connectivity index (χ3v) is 13.3. The number of nitrogens with zero attached hydrogens (tertiary/aromatic N) is 9. The average Bonchev–Trinajstić information content (AvgIpc) is 3.02. The summed E-state index contributed by atoms with van der Waals surface area (Å²) < 4.78 is 0. The molecule has 5 heterocycles. The van der Waals surface area contributed by atoms with Crippen LogP contribution in [0.3, 0.4) is 0 Å². The quantitative estimate of drug-likeness (QED) is 0.274. The van der Waals surface area contributed by atoms with Crippen LogP contribution in [0.2, 0.25) is 0 Å². The molecule has 1 N–H and O–H groups in total. The Hall–Kier alpha value is -2.35. The zero-order valence-corrected chi connectivity index (χ0v) is 37.4. The Morgan fingerprint density at radius 3 is 0.893 bits per heavy atom. The van der Waals surface area contributed by atoms with Crippen molar-refractivity contribution in [2.24, 2.45) is 0 Å². The first kappa shape index (κ1) is 44.7. The molecule has 14 nitrogen and oxygen atoms in total. The van der Waals surface area contributed by atoms with Gasteiger partial charge in [0.2, 0.25) is 17.8 Å². The highest BCUT2D eigenvalue weighted by Crippen LogP contribution is 2.48. The predicted molar refractivity (Wildman–Crippen MR) is 217 cm³/mol. The van der Waals surface area contributed by atoms with Crippen molar-refractivity contribution in [1.29, 1.82) is 0 Å². The molecule has 14 heteroatoms. The summed E-state index contributed by atoms with van der Waals surface area (Å²) in [5, 5.41) is 63.2. The van der Waals surface area contributed by atoms with Crippen molar-refractivity contribution in [1.82, 2.24) is 35.2 Å². The van der Waals surface area contributed by atoms with Gasteiger partial charge in [0.1, 0.15) is 0 Å². The lowest BCUT2D eigenvalue weighted by Crippen LogP contribution is -2.68. The SMILES string of the molecule is C#CCNc1nc(N(C2CC(C)(C)N([O])C(C)(C)C2)C2CC(C)(C)N([O])C(C)(C)C2)nc(N(C2CC(C)(C)N([O])C(C)(C)C2)C2CC(C)(C)N([O])C(C)(C)C2)n1. The van der Waals surface area contributed by atoms with Crippen molar-refractivity contribution in [3.8, 4) is 12.3 Å². The Morgan fingerprint density at radius 1 is 0.482 bits per heavy atom. The summed E-state index contributed by atoms with van der Waals surface area (Å²) in [6.07, 6.45) is 10.3. The first-order valence-corrected chi connectivity index (χ1v) is 20.7. The van der Waals surface area contributed by atoms with E-state index in [1.54, 1.807) is 0 Å². The molecule has 0 spiro atoms. The van der Waals surface area contributed by atoms with E-state index in [-0.39, 0.29) is 30.7 Å². The largest absolute Gasteiger partial charge is 0.343 e. The van der Waals surface area contributed by atoms with E-state index < -0.39 is 44.3 Å². The Balaban J connectivity index is 1.77. The molecule has 0 saturated carbocycles. The fourth-order valence-electron chi connectivity index (χ4n) is 11.7. The van der Waals surface area contributed by atoms with E-state index in [2.05, 4.69) is 21.0 Å². The second kappa shape index (κ2) is 14.4. The Kier molecular flexibility index (Phi) is 11.5. The van der Waals surface area contributed by atoms with E-state index in [1.807, 2.05) is 111 Å². The van der Waals surface area contributed by atoms with Gasteiger partial charge in [-0.15, -0.1) is 47.5 Å². The molecule has 0 bridgehead atoms. The molecule has 0 amide bonds. The zero-order chi connectivity index (χ0) is 42.4. The van der Waals surface area contributed by atoms with E-state index in [4.69, 9.17) is 21.4 Å². The Morgan fingerprint density at radius 2 is 0.696 bits per heavy atom. The van der Waals surface area contributed by atoms with Crippen LogP contribution in [0.5, 0.6) is 0 Å². The van der Waals surface area contributed by atoms with Crippen molar-refractivity contribution >= 4 is 17.8 Å². The van der Waals surface area contributed by atoms with Crippen LogP contribution in [0, 0.1) is 12.3 Å². The van der Waals surface area contributed by atoms with E-state index >= 15 is 0 Å². The van der Waals surface area contributed by atoms with Gasteiger partial charge in [0.25, 0.3) is 0 Å². The molecule has 4 saturated heterocycles. The average molecular weight is 781 g/mol. The van der Waals surface area contributed by atoms with Crippen molar-refractivity contribution in [3.05, 3.63) is 0 Å². The molecule has 314 valence electrons. The minimum atomic E-state index is -0.686. The number of rotatable bonds is 8. The minimum absolute atomic E-state index is 0.146. The van der Waals surface area contributed by atoms with Crippen molar-refractivity contribution in [2.45, 2.75) is 231 Å². The summed E-state index contributed by atoms with van der Waals surface area (Å²) >= 11 is 0. The maximum absolute atomic E-state index is 13.7. The highest BCUT2D eigenvalue weighted by Gasteiger charge is 2.56. The third kappa shape index (κ3) is 8.39. The van der Waals surface area contributed by atoms with Crippen LogP contribution >= 0.6 is 0 Å². The standard InChI is InChI=1S/C42H72N10O4/c1-18-19-43-32-44-33(47(28-20-35(2,3)49(53)36(4,5)21-28)29-22-37(6,7)50(54)38(8,9)23-29)46-34(45-32)48(30-24-39(10,11)51(55)40(12,13)25-30)31-26-41(14,15)52(56)42(16,17)27-31/h1,28-31H,19-27H2,2-17H3,(H,43,44,45,46). The molecule has 5 rings (SSSR count). The number of terminal acetylenes is 1. The summed E-state index contributed by atoms with van der Waals surface area (Å²) in [6, 6.07) is -0.584. The van der Waals surface area contributed by atoms with Crippen molar-refractivity contribution < 1.29 is 20.8 Å². The summed E-state index contributed by atoms with van der Waals surface area (Å²) in [5.41, 5.74) is -5.49. The van der Waals surface area contributed by atoms with Gasteiger partial charge in [0.15, 0.2) is 0 Å². The summed E-state index contributed by atoms with van der Waals surface area (Å²) in [7, 11) is 0. The van der Waals surface area contributed by atoms with Gasteiger partial charge in [-0.3, -0.25) is 0 Å². The lowest BCUT2D eigenvalue weighted by Gasteiger charge is -2.57. The maximum Gasteiger partial charge on any atom is 0.232 e. The van der Waals surface area contributed by atoms with Crippen LogP contribution in [0.1, 0.15) is 162 Å². The molecule has 0 aromatic carbocycles. The monoisotopic (exact) mass is 781 g/mol. The maximum atomic E-state index is 13.7. The van der Waals surface area contributed by atoms with Crippen LogP contribution in [-0.4, -0.2) is 110 Å². The molecular formula is C42H72N10O4. The third-order valence-electron chi connectivity index (χ3n) is 13.3. The van der Waals surface area contributed by atoms with Crippen LogP contribution in [0.4, 0.5) is 17.8 Å². The molecular weight excluding hydrogens is 709 g/mol. The molecule has 0 aliphatic carbocycles.